The number of nitrogens with zero attached hydrogens (tertiary/aromatic N) is 3. The number of sulfonamides is 1. The van der Waals surface area contributed by atoms with Crippen molar-refractivity contribution in [2.45, 2.75) is 56.1 Å². The molecule has 0 saturated heterocycles. The fourth-order valence-electron chi connectivity index (χ4n) is 3.60. The molecule has 2 aliphatic rings. The molecule has 0 spiro atoms. The fourth-order valence-corrected chi connectivity index (χ4v) is 5.05. The van der Waals surface area contributed by atoms with E-state index in [4.69, 9.17) is 0 Å². The smallest absolute Gasteiger partial charge is 0.243 e. The van der Waals surface area contributed by atoms with E-state index < -0.39 is 10.0 Å². The van der Waals surface area contributed by atoms with Crippen LogP contribution in [0.4, 0.5) is 0 Å². The van der Waals surface area contributed by atoms with Crippen LogP contribution in [-0.4, -0.2) is 41.0 Å². The summed E-state index contributed by atoms with van der Waals surface area (Å²) in [6.07, 6.45) is 5.09. The van der Waals surface area contributed by atoms with Crippen molar-refractivity contribution < 1.29 is 13.2 Å². The van der Waals surface area contributed by atoms with Crippen LogP contribution in [0.25, 0.3) is 0 Å². The first-order chi connectivity index (χ1) is 12.9. The Labute approximate surface area is 159 Å². The molecule has 1 fully saturated rings. The molecule has 8 heteroatoms. The van der Waals surface area contributed by atoms with Crippen molar-refractivity contribution in [2.24, 2.45) is 0 Å². The molecule has 7 nitrogen and oxygen atoms in total. The van der Waals surface area contributed by atoms with E-state index >= 15 is 0 Å². The monoisotopic (exact) mass is 388 g/mol. The van der Waals surface area contributed by atoms with Gasteiger partial charge in [-0.1, -0.05) is 17.7 Å². The first-order valence-corrected chi connectivity index (χ1v) is 10.8. The lowest BCUT2D eigenvalue weighted by atomic mass is 9.93. The summed E-state index contributed by atoms with van der Waals surface area (Å²) in [5, 5.41) is 7.35. The molecular formula is C19H24N4O3S. The van der Waals surface area contributed by atoms with Gasteiger partial charge < -0.3 is 5.32 Å². The SMILES string of the molecule is Cc1ccc(S(=O)(=O)N2Cc3ccnn3[C@H](CC(=O)NC3CCC3)C2)cc1. The largest absolute Gasteiger partial charge is 0.353 e. The summed E-state index contributed by atoms with van der Waals surface area (Å²) in [4.78, 5) is 12.7. The Kier molecular flexibility index (Phi) is 4.77. The minimum absolute atomic E-state index is 0.0410. The van der Waals surface area contributed by atoms with Crippen LogP contribution >= 0.6 is 0 Å². The highest BCUT2D eigenvalue weighted by atomic mass is 32.2. The Hall–Kier alpha value is -2.19. The van der Waals surface area contributed by atoms with Gasteiger partial charge >= 0.3 is 0 Å². The lowest BCUT2D eigenvalue weighted by Gasteiger charge is -2.33. The van der Waals surface area contributed by atoms with Crippen LogP contribution in [0.3, 0.4) is 0 Å². The van der Waals surface area contributed by atoms with Crippen molar-refractivity contribution in [2.75, 3.05) is 6.54 Å². The van der Waals surface area contributed by atoms with Crippen LogP contribution in [-0.2, 0) is 21.4 Å². The molecular weight excluding hydrogens is 364 g/mol. The van der Waals surface area contributed by atoms with Crippen molar-refractivity contribution in [1.29, 1.82) is 0 Å². The normalized spacial score (nSPS) is 20.7. The Morgan fingerprint density at radius 1 is 1.22 bits per heavy atom. The quantitative estimate of drug-likeness (QED) is 0.849. The molecule has 1 aromatic heterocycles. The number of aryl methyl sites for hydroxylation is 1. The second kappa shape index (κ2) is 7.09. The highest BCUT2D eigenvalue weighted by Crippen LogP contribution is 2.28. The molecule has 27 heavy (non-hydrogen) atoms. The number of rotatable bonds is 5. The molecule has 1 aliphatic heterocycles. The number of carbonyl (C=O) groups excluding carboxylic acids is 1. The van der Waals surface area contributed by atoms with E-state index in [-0.39, 0.29) is 42.4 Å². The molecule has 0 unspecified atom stereocenters. The number of fused-ring (bicyclic) bond motifs is 1. The zero-order chi connectivity index (χ0) is 19.0. The predicted octanol–water partition coefficient (Wildman–Crippen LogP) is 2.00. The maximum atomic E-state index is 13.1. The minimum Gasteiger partial charge on any atom is -0.353 e. The molecule has 2 heterocycles. The van der Waals surface area contributed by atoms with Crippen LogP contribution in [0, 0.1) is 6.92 Å². The Morgan fingerprint density at radius 3 is 2.63 bits per heavy atom. The van der Waals surface area contributed by atoms with Crippen molar-refractivity contribution in [3.63, 3.8) is 0 Å². The molecule has 1 atom stereocenters. The first-order valence-electron chi connectivity index (χ1n) is 9.32. The average Bonchev–Trinajstić information content (AvgIpc) is 3.07. The van der Waals surface area contributed by atoms with Gasteiger partial charge in [0.15, 0.2) is 0 Å². The van der Waals surface area contributed by atoms with E-state index in [1.54, 1.807) is 35.1 Å². The molecule has 1 amide bonds. The van der Waals surface area contributed by atoms with Crippen LogP contribution in [0.15, 0.2) is 41.4 Å². The zero-order valence-electron chi connectivity index (χ0n) is 15.3. The highest BCUT2D eigenvalue weighted by Gasteiger charge is 2.35. The van der Waals surface area contributed by atoms with Gasteiger partial charge in [-0.2, -0.15) is 9.40 Å². The Morgan fingerprint density at radius 2 is 1.96 bits per heavy atom. The standard InChI is InChI=1S/C19H24N4O3S/c1-14-5-7-18(8-6-14)27(25,26)22-12-16-9-10-20-23(16)17(13-22)11-19(24)21-15-3-2-4-15/h5-10,15,17H,2-4,11-13H2,1H3,(H,21,24)/t17-/m1/s1. The van der Waals surface area contributed by atoms with Crippen LogP contribution < -0.4 is 5.32 Å². The highest BCUT2D eigenvalue weighted by molar-refractivity contribution is 7.89. The number of carbonyl (C=O) groups is 1. The van der Waals surface area contributed by atoms with E-state index in [1.807, 2.05) is 13.0 Å². The summed E-state index contributed by atoms with van der Waals surface area (Å²) in [6.45, 7) is 2.42. The third-order valence-corrected chi connectivity index (χ3v) is 7.23. The molecule has 0 radical (unpaired) electrons. The van der Waals surface area contributed by atoms with Crippen molar-refractivity contribution in [1.82, 2.24) is 19.4 Å². The van der Waals surface area contributed by atoms with E-state index in [0.29, 0.717) is 0 Å². The summed E-state index contributed by atoms with van der Waals surface area (Å²) < 4.78 is 29.4. The lowest BCUT2D eigenvalue weighted by Crippen LogP contribution is -2.45. The van der Waals surface area contributed by atoms with E-state index in [0.717, 1.165) is 30.5 Å². The fraction of sp³-hybridized carbons (Fsp3) is 0.474. The van der Waals surface area contributed by atoms with Gasteiger partial charge in [0.25, 0.3) is 0 Å². The summed E-state index contributed by atoms with van der Waals surface area (Å²) in [6, 6.07) is 8.64. The summed E-state index contributed by atoms with van der Waals surface area (Å²) in [7, 11) is -3.62. The van der Waals surface area contributed by atoms with Gasteiger partial charge in [-0.25, -0.2) is 8.42 Å². The molecule has 1 saturated carbocycles. The second-order valence-corrected chi connectivity index (χ2v) is 9.37. The molecule has 2 aromatic rings. The number of hydrogen-bond acceptors (Lipinski definition) is 4. The zero-order valence-corrected chi connectivity index (χ0v) is 16.2. The number of benzene rings is 1. The van der Waals surface area contributed by atoms with E-state index in [1.165, 1.54) is 4.31 Å². The summed E-state index contributed by atoms with van der Waals surface area (Å²) in [5.74, 6) is -0.0410. The number of aromatic nitrogens is 2. The van der Waals surface area contributed by atoms with Gasteiger partial charge in [-0.15, -0.1) is 0 Å². The van der Waals surface area contributed by atoms with Gasteiger partial charge in [0.1, 0.15) is 0 Å². The molecule has 144 valence electrons. The molecule has 1 aromatic carbocycles. The van der Waals surface area contributed by atoms with E-state index in [9.17, 15) is 13.2 Å². The number of nitrogens with one attached hydrogen (secondary N) is 1. The van der Waals surface area contributed by atoms with Gasteiger partial charge in [0.2, 0.25) is 15.9 Å². The van der Waals surface area contributed by atoms with Crippen LogP contribution in [0.5, 0.6) is 0 Å². The molecule has 1 N–H and O–H groups in total. The average molecular weight is 388 g/mol. The predicted molar refractivity (Wildman–Crippen MR) is 100 cm³/mol. The van der Waals surface area contributed by atoms with Gasteiger partial charge in [0.05, 0.1) is 29.6 Å². The first kappa shape index (κ1) is 18.2. The maximum absolute atomic E-state index is 13.1. The van der Waals surface area contributed by atoms with Crippen molar-refractivity contribution in [3.8, 4) is 0 Å². The van der Waals surface area contributed by atoms with Crippen molar-refractivity contribution >= 4 is 15.9 Å². The van der Waals surface area contributed by atoms with Crippen molar-refractivity contribution in [3.05, 3.63) is 47.8 Å². The van der Waals surface area contributed by atoms with E-state index in [2.05, 4.69) is 10.4 Å². The third-order valence-electron chi connectivity index (χ3n) is 5.40. The maximum Gasteiger partial charge on any atom is 0.243 e. The Balaban J connectivity index is 1.55. The molecule has 4 rings (SSSR count). The number of amides is 1. The topological polar surface area (TPSA) is 84.3 Å². The molecule has 1 aliphatic carbocycles. The Bertz CT molecular complexity index is 932. The van der Waals surface area contributed by atoms with Gasteiger partial charge in [-0.05, 0) is 44.4 Å². The third kappa shape index (κ3) is 3.64. The van der Waals surface area contributed by atoms with Gasteiger partial charge in [0, 0.05) is 18.8 Å². The van der Waals surface area contributed by atoms with Gasteiger partial charge in [-0.3, -0.25) is 9.48 Å². The number of hydrogen-bond donors (Lipinski definition) is 1. The van der Waals surface area contributed by atoms with Crippen LogP contribution in [0.1, 0.15) is 43.0 Å². The second-order valence-electron chi connectivity index (χ2n) is 7.43. The lowest BCUT2D eigenvalue weighted by molar-refractivity contribution is -0.123. The summed E-state index contributed by atoms with van der Waals surface area (Å²) in [5.41, 5.74) is 1.81. The van der Waals surface area contributed by atoms with Crippen LogP contribution in [0.2, 0.25) is 0 Å². The summed E-state index contributed by atoms with van der Waals surface area (Å²) >= 11 is 0. The molecule has 0 bridgehead atoms. The minimum atomic E-state index is -3.62.